The van der Waals surface area contributed by atoms with Crippen LogP contribution in [0.1, 0.15) is 19.3 Å². The lowest BCUT2D eigenvalue weighted by Crippen LogP contribution is -2.38. The van der Waals surface area contributed by atoms with Crippen molar-refractivity contribution in [1.29, 1.82) is 0 Å². The molecule has 1 aliphatic carbocycles. The molecule has 8 heteroatoms. The van der Waals surface area contributed by atoms with Crippen molar-refractivity contribution in [3.63, 3.8) is 0 Å². The summed E-state index contributed by atoms with van der Waals surface area (Å²) in [4.78, 5) is 10.8. The van der Waals surface area contributed by atoms with E-state index in [-0.39, 0.29) is 27.3 Å². The van der Waals surface area contributed by atoms with E-state index in [0.717, 1.165) is 12.8 Å². The summed E-state index contributed by atoms with van der Waals surface area (Å²) < 4.78 is 26.9. The molecule has 0 bridgehead atoms. The number of hydrogen-bond donors (Lipinski definition) is 2. The molecule has 5 nitrogen and oxygen atoms in total. The first-order valence-corrected chi connectivity index (χ1v) is 8.22. The van der Waals surface area contributed by atoms with Gasteiger partial charge in [0.1, 0.15) is 0 Å². The summed E-state index contributed by atoms with van der Waals surface area (Å²) >= 11 is 11.5. The van der Waals surface area contributed by atoms with Crippen molar-refractivity contribution in [1.82, 2.24) is 4.72 Å². The molecule has 0 heterocycles. The fraction of sp³-hybridized carbons (Fsp3) is 0.417. The number of halogens is 2. The Hall–Kier alpha value is -0.820. The van der Waals surface area contributed by atoms with Crippen LogP contribution >= 0.6 is 23.2 Å². The molecular formula is C12H13Cl2NO4S. The third-order valence-corrected chi connectivity index (χ3v) is 5.32. The number of aliphatic carboxylic acids is 1. The van der Waals surface area contributed by atoms with E-state index in [0.29, 0.717) is 0 Å². The van der Waals surface area contributed by atoms with E-state index in [2.05, 4.69) is 4.72 Å². The van der Waals surface area contributed by atoms with Crippen LogP contribution in [-0.2, 0) is 14.8 Å². The zero-order valence-corrected chi connectivity index (χ0v) is 12.7. The maximum atomic E-state index is 12.2. The molecular weight excluding hydrogens is 325 g/mol. The van der Waals surface area contributed by atoms with Crippen LogP contribution in [0.25, 0.3) is 0 Å². The van der Waals surface area contributed by atoms with Gasteiger partial charge in [0.2, 0.25) is 10.0 Å². The van der Waals surface area contributed by atoms with E-state index < -0.39 is 22.0 Å². The first-order chi connectivity index (χ1) is 9.29. The normalized spacial score (nSPS) is 16.9. The highest BCUT2D eigenvalue weighted by molar-refractivity contribution is 7.89. The average Bonchev–Trinajstić information content (AvgIpc) is 3.14. The minimum atomic E-state index is -3.81. The van der Waals surface area contributed by atoms with Gasteiger partial charge in [-0.3, -0.25) is 4.79 Å². The Labute approximate surface area is 126 Å². The molecule has 1 aromatic rings. The number of hydrogen-bond acceptors (Lipinski definition) is 3. The highest BCUT2D eigenvalue weighted by Gasteiger charge is 2.35. The summed E-state index contributed by atoms with van der Waals surface area (Å²) in [6, 6.07) is 3.38. The third-order valence-electron chi connectivity index (χ3n) is 3.09. The molecule has 0 saturated heterocycles. The Balaban J connectivity index is 2.20. The number of sulfonamides is 1. The largest absolute Gasteiger partial charge is 0.481 e. The van der Waals surface area contributed by atoms with E-state index in [9.17, 15) is 13.2 Å². The molecule has 1 atom stereocenters. The zero-order valence-electron chi connectivity index (χ0n) is 10.3. The molecule has 1 fully saturated rings. The third kappa shape index (κ3) is 3.85. The van der Waals surface area contributed by atoms with Crippen molar-refractivity contribution in [2.24, 2.45) is 5.92 Å². The fourth-order valence-corrected chi connectivity index (χ4v) is 3.60. The standard InChI is InChI=1S/C12H13Cl2NO4S/c13-9-4-3-8(5-10(9)14)20(18,19)15-11(6-12(16)17)7-1-2-7/h3-5,7,11,15H,1-2,6H2,(H,16,17). The molecule has 1 saturated carbocycles. The van der Waals surface area contributed by atoms with Crippen LogP contribution in [-0.4, -0.2) is 25.5 Å². The Morgan fingerprint density at radius 2 is 2.00 bits per heavy atom. The minimum Gasteiger partial charge on any atom is -0.481 e. The van der Waals surface area contributed by atoms with Gasteiger partial charge in [-0.2, -0.15) is 0 Å². The maximum Gasteiger partial charge on any atom is 0.304 e. The Morgan fingerprint density at radius 1 is 1.35 bits per heavy atom. The molecule has 0 spiro atoms. The Morgan fingerprint density at radius 3 is 2.50 bits per heavy atom. The van der Waals surface area contributed by atoms with Crippen molar-refractivity contribution in [2.75, 3.05) is 0 Å². The smallest absolute Gasteiger partial charge is 0.304 e. The highest BCUT2D eigenvalue weighted by Crippen LogP contribution is 2.35. The summed E-state index contributed by atoms with van der Waals surface area (Å²) in [5.74, 6) is -0.942. The van der Waals surface area contributed by atoms with Gasteiger partial charge in [-0.15, -0.1) is 0 Å². The van der Waals surface area contributed by atoms with Gasteiger partial charge in [0.05, 0.1) is 21.4 Å². The molecule has 2 N–H and O–H groups in total. The predicted molar refractivity (Wildman–Crippen MR) is 75.5 cm³/mol. The van der Waals surface area contributed by atoms with Crippen LogP contribution in [0.5, 0.6) is 0 Å². The number of benzene rings is 1. The van der Waals surface area contributed by atoms with Crippen molar-refractivity contribution in [2.45, 2.75) is 30.2 Å². The van der Waals surface area contributed by atoms with Crippen LogP contribution in [0.4, 0.5) is 0 Å². The van der Waals surface area contributed by atoms with Gasteiger partial charge in [-0.05, 0) is 37.0 Å². The van der Waals surface area contributed by atoms with Gasteiger partial charge < -0.3 is 5.11 Å². The Kier molecular flexibility index (Phi) is 4.59. The van der Waals surface area contributed by atoms with Gasteiger partial charge in [0.25, 0.3) is 0 Å². The summed E-state index contributed by atoms with van der Waals surface area (Å²) in [5.41, 5.74) is 0. The number of carboxylic acid groups (broad SMARTS) is 1. The topological polar surface area (TPSA) is 83.5 Å². The van der Waals surface area contributed by atoms with Crippen LogP contribution in [0.15, 0.2) is 23.1 Å². The summed E-state index contributed by atoms with van der Waals surface area (Å²) in [6.07, 6.45) is 1.44. The lowest BCUT2D eigenvalue weighted by Gasteiger charge is -2.16. The highest BCUT2D eigenvalue weighted by atomic mass is 35.5. The van der Waals surface area contributed by atoms with E-state index in [4.69, 9.17) is 28.3 Å². The van der Waals surface area contributed by atoms with E-state index in [1.807, 2.05) is 0 Å². The van der Waals surface area contributed by atoms with Crippen molar-refractivity contribution < 1.29 is 18.3 Å². The second-order valence-corrected chi connectivity index (χ2v) is 7.27. The van der Waals surface area contributed by atoms with Gasteiger partial charge >= 0.3 is 5.97 Å². The Bertz CT molecular complexity index is 628. The van der Waals surface area contributed by atoms with E-state index >= 15 is 0 Å². The first-order valence-electron chi connectivity index (χ1n) is 5.99. The molecule has 2 rings (SSSR count). The predicted octanol–water partition coefficient (Wildman–Crippen LogP) is 2.53. The first kappa shape index (κ1) is 15.6. The quantitative estimate of drug-likeness (QED) is 0.835. The van der Waals surface area contributed by atoms with Crippen molar-refractivity contribution in [3.05, 3.63) is 28.2 Å². The lowest BCUT2D eigenvalue weighted by molar-refractivity contribution is -0.137. The molecule has 1 unspecified atom stereocenters. The van der Waals surface area contributed by atoms with Gasteiger partial charge in [-0.1, -0.05) is 23.2 Å². The summed E-state index contributed by atoms with van der Waals surface area (Å²) in [6.45, 7) is 0. The van der Waals surface area contributed by atoms with Crippen molar-refractivity contribution >= 4 is 39.2 Å². The molecule has 1 aliphatic rings. The van der Waals surface area contributed by atoms with Gasteiger partial charge in [-0.25, -0.2) is 13.1 Å². The maximum absolute atomic E-state index is 12.2. The van der Waals surface area contributed by atoms with Crippen molar-refractivity contribution in [3.8, 4) is 0 Å². The molecule has 0 aromatic heterocycles. The molecule has 0 amide bonds. The average molecular weight is 338 g/mol. The molecule has 0 radical (unpaired) electrons. The molecule has 20 heavy (non-hydrogen) atoms. The van der Waals surface area contributed by atoms with E-state index in [1.54, 1.807) is 0 Å². The van der Waals surface area contributed by atoms with E-state index in [1.165, 1.54) is 18.2 Å². The summed E-state index contributed by atoms with van der Waals surface area (Å²) in [5, 5.41) is 9.23. The van der Waals surface area contributed by atoms with Crippen LogP contribution in [0.2, 0.25) is 10.0 Å². The number of rotatable bonds is 6. The molecule has 1 aromatic carbocycles. The second kappa shape index (κ2) is 5.89. The summed E-state index contributed by atoms with van der Waals surface area (Å²) in [7, 11) is -3.81. The SMILES string of the molecule is O=C(O)CC(NS(=O)(=O)c1ccc(Cl)c(Cl)c1)C1CC1. The van der Waals surface area contributed by atoms with Crippen LogP contribution in [0.3, 0.4) is 0 Å². The number of carboxylic acids is 1. The van der Waals surface area contributed by atoms with Crippen LogP contribution < -0.4 is 4.72 Å². The molecule has 0 aliphatic heterocycles. The monoisotopic (exact) mass is 337 g/mol. The van der Waals surface area contributed by atoms with Gasteiger partial charge in [0.15, 0.2) is 0 Å². The number of nitrogens with one attached hydrogen (secondary N) is 1. The molecule has 110 valence electrons. The minimum absolute atomic E-state index is 0.0251. The van der Waals surface area contributed by atoms with Crippen LogP contribution in [0, 0.1) is 5.92 Å². The van der Waals surface area contributed by atoms with Gasteiger partial charge in [0, 0.05) is 6.04 Å². The lowest BCUT2D eigenvalue weighted by atomic mass is 10.1. The fourth-order valence-electron chi connectivity index (χ4n) is 1.90. The zero-order chi connectivity index (χ0) is 14.9. The second-order valence-electron chi connectivity index (χ2n) is 4.74. The number of carbonyl (C=O) groups is 1.